The number of hydrogen-bond donors (Lipinski definition) is 0. The summed E-state index contributed by atoms with van der Waals surface area (Å²) in [6, 6.07) is 0. The quantitative estimate of drug-likeness (QED) is 0.259. The first-order valence-electron chi connectivity index (χ1n) is 3.39. The Kier molecular flexibility index (Phi) is 2.47. The lowest BCUT2D eigenvalue weighted by atomic mass is 10.3. The Labute approximate surface area is 65.3 Å². The van der Waals surface area contributed by atoms with Crippen molar-refractivity contribution >= 4 is 5.97 Å². The van der Waals surface area contributed by atoms with Crippen LogP contribution < -0.4 is 0 Å². The van der Waals surface area contributed by atoms with Gasteiger partial charge in [0.15, 0.2) is 0 Å². The monoisotopic (exact) mass is 154 g/mol. The van der Waals surface area contributed by atoms with E-state index in [9.17, 15) is 4.79 Å². The molecule has 1 aliphatic rings. The molecule has 1 atom stereocenters. The fourth-order valence-electron chi connectivity index (χ4n) is 0.513. The summed E-state index contributed by atoms with van der Waals surface area (Å²) in [5.74, 6) is -0.365. The second-order valence-electron chi connectivity index (χ2n) is 2.36. The molecule has 11 heavy (non-hydrogen) atoms. The van der Waals surface area contributed by atoms with Gasteiger partial charge in [0.2, 0.25) is 0 Å². The van der Waals surface area contributed by atoms with Crippen molar-refractivity contribution < 1.29 is 14.3 Å². The van der Waals surface area contributed by atoms with Crippen molar-refractivity contribution in [3.8, 4) is 0 Å². The van der Waals surface area contributed by atoms with E-state index in [4.69, 9.17) is 9.47 Å². The third-order valence-electron chi connectivity index (χ3n) is 1.37. The van der Waals surface area contributed by atoms with E-state index in [1.54, 1.807) is 6.92 Å². The van der Waals surface area contributed by atoms with E-state index in [2.05, 4.69) is 12.3 Å². The molecule has 0 saturated carbocycles. The Morgan fingerprint density at radius 2 is 2.55 bits per heavy atom. The van der Waals surface area contributed by atoms with Gasteiger partial charge in [-0.15, -0.1) is 5.73 Å². The molecule has 1 saturated heterocycles. The van der Waals surface area contributed by atoms with Crippen molar-refractivity contribution in [3.05, 3.63) is 17.9 Å². The van der Waals surface area contributed by atoms with Gasteiger partial charge in [-0.25, -0.2) is 4.79 Å². The van der Waals surface area contributed by atoms with Crippen molar-refractivity contribution in [1.29, 1.82) is 0 Å². The predicted molar refractivity (Wildman–Crippen MR) is 39.0 cm³/mol. The summed E-state index contributed by atoms with van der Waals surface area (Å²) in [6.07, 6.45) is 0.122. The highest BCUT2D eigenvalue weighted by Gasteiger charge is 2.24. The molecule has 0 N–H and O–H groups in total. The third-order valence-corrected chi connectivity index (χ3v) is 1.37. The second-order valence-corrected chi connectivity index (χ2v) is 2.36. The molecule has 3 nitrogen and oxygen atoms in total. The molecule has 3 heteroatoms. The maximum absolute atomic E-state index is 10.9. The van der Waals surface area contributed by atoms with Crippen LogP contribution >= 0.6 is 0 Å². The van der Waals surface area contributed by atoms with Gasteiger partial charge < -0.3 is 9.47 Å². The highest BCUT2D eigenvalue weighted by molar-refractivity contribution is 5.87. The topological polar surface area (TPSA) is 38.8 Å². The molecule has 1 fully saturated rings. The molecular weight excluding hydrogens is 144 g/mol. The first-order chi connectivity index (χ1) is 5.24. The molecule has 1 aliphatic heterocycles. The predicted octanol–water partition coefficient (Wildman–Crippen LogP) is 0.660. The Hall–Kier alpha value is -1.05. The summed E-state index contributed by atoms with van der Waals surface area (Å²) < 4.78 is 9.66. The Bertz CT molecular complexity index is 209. The summed E-state index contributed by atoms with van der Waals surface area (Å²) in [5.41, 5.74) is 2.87. The minimum Gasteiger partial charge on any atom is -0.459 e. The molecule has 1 unspecified atom stereocenters. The van der Waals surface area contributed by atoms with Crippen LogP contribution in [-0.2, 0) is 14.3 Å². The summed E-state index contributed by atoms with van der Waals surface area (Å²) in [7, 11) is 0. The van der Waals surface area contributed by atoms with Crippen LogP contribution in [0.4, 0.5) is 0 Å². The summed E-state index contributed by atoms with van der Waals surface area (Å²) in [6.45, 7) is 5.99. The number of rotatable bonds is 3. The average Bonchev–Trinajstić information content (AvgIpc) is 2.81. The van der Waals surface area contributed by atoms with Gasteiger partial charge in [-0.1, -0.05) is 6.58 Å². The maximum Gasteiger partial charge on any atom is 0.341 e. The molecule has 0 bridgehead atoms. The normalized spacial score (nSPS) is 20.3. The van der Waals surface area contributed by atoms with Gasteiger partial charge in [0, 0.05) is 0 Å². The Morgan fingerprint density at radius 1 is 1.91 bits per heavy atom. The van der Waals surface area contributed by atoms with Crippen LogP contribution in [0, 0.1) is 0 Å². The van der Waals surface area contributed by atoms with E-state index < -0.39 is 0 Å². The number of carbonyl (C=O) groups excluding carboxylic acids is 1. The number of carbonyl (C=O) groups is 1. The van der Waals surface area contributed by atoms with Crippen molar-refractivity contribution in [1.82, 2.24) is 0 Å². The number of esters is 1. The van der Waals surface area contributed by atoms with Gasteiger partial charge in [-0.3, -0.25) is 0 Å². The van der Waals surface area contributed by atoms with Gasteiger partial charge in [-0.05, 0) is 6.92 Å². The molecule has 0 aromatic rings. The van der Waals surface area contributed by atoms with Crippen molar-refractivity contribution in [2.45, 2.75) is 13.0 Å². The molecular formula is C8H10O3. The minimum absolute atomic E-state index is 0.122. The van der Waals surface area contributed by atoms with Crippen molar-refractivity contribution in [2.24, 2.45) is 0 Å². The van der Waals surface area contributed by atoms with Crippen LogP contribution in [-0.4, -0.2) is 25.3 Å². The molecule has 1 heterocycles. The van der Waals surface area contributed by atoms with Gasteiger partial charge in [0.25, 0.3) is 0 Å². The standard InChI is InChI=1S/C8H10O3/c1-3-6(2)8(9)11-5-7-4-10-7/h7H,1,4-5H2,2H3. The number of epoxide rings is 1. The van der Waals surface area contributed by atoms with E-state index in [0.717, 1.165) is 0 Å². The molecule has 0 spiro atoms. The zero-order valence-electron chi connectivity index (χ0n) is 6.42. The molecule has 60 valence electrons. The van der Waals surface area contributed by atoms with Crippen molar-refractivity contribution in [3.63, 3.8) is 0 Å². The fourth-order valence-corrected chi connectivity index (χ4v) is 0.513. The fraction of sp³-hybridized carbons (Fsp3) is 0.500. The van der Waals surface area contributed by atoms with Crippen LogP contribution in [0.25, 0.3) is 0 Å². The smallest absolute Gasteiger partial charge is 0.341 e. The van der Waals surface area contributed by atoms with E-state index in [1.807, 2.05) is 0 Å². The van der Waals surface area contributed by atoms with E-state index >= 15 is 0 Å². The van der Waals surface area contributed by atoms with Crippen LogP contribution in [0.5, 0.6) is 0 Å². The van der Waals surface area contributed by atoms with Crippen molar-refractivity contribution in [2.75, 3.05) is 13.2 Å². The zero-order chi connectivity index (χ0) is 8.27. The van der Waals surface area contributed by atoms with Crippen LogP contribution in [0.2, 0.25) is 0 Å². The summed E-state index contributed by atoms with van der Waals surface area (Å²) >= 11 is 0. The van der Waals surface area contributed by atoms with Crippen LogP contribution in [0.3, 0.4) is 0 Å². The van der Waals surface area contributed by atoms with Gasteiger partial charge in [0.1, 0.15) is 12.7 Å². The van der Waals surface area contributed by atoms with E-state index in [0.29, 0.717) is 18.8 Å². The lowest BCUT2D eigenvalue weighted by Gasteiger charge is -1.99. The number of hydrogen-bond acceptors (Lipinski definition) is 3. The average molecular weight is 154 g/mol. The molecule has 0 aliphatic carbocycles. The van der Waals surface area contributed by atoms with Gasteiger partial charge >= 0.3 is 5.97 Å². The Balaban J connectivity index is 2.24. The third kappa shape index (κ3) is 2.58. The zero-order valence-corrected chi connectivity index (χ0v) is 6.42. The van der Waals surface area contributed by atoms with Crippen LogP contribution in [0.1, 0.15) is 6.92 Å². The highest BCUT2D eigenvalue weighted by Crippen LogP contribution is 2.09. The first-order valence-corrected chi connectivity index (χ1v) is 3.39. The Morgan fingerprint density at radius 3 is 3.00 bits per heavy atom. The lowest BCUT2D eigenvalue weighted by molar-refractivity contribution is -0.139. The molecule has 0 aromatic heterocycles. The molecule has 0 radical (unpaired) electrons. The van der Waals surface area contributed by atoms with Gasteiger partial charge in [0.05, 0.1) is 12.2 Å². The SMILES string of the molecule is C=C=C(C)C(=O)OCC1CO1. The minimum atomic E-state index is -0.365. The van der Waals surface area contributed by atoms with E-state index in [-0.39, 0.29) is 12.1 Å². The summed E-state index contributed by atoms with van der Waals surface area (Å²) in [5, 5.41) is 0. The first kappa shape index (κ1) is 8.05. The summed E-state index contributed by atoms with van der Waals surface area (Å²) in [4.78, 5) is 10.9. The highest BCUT2D eigenvalue weighted by atomic mass is 16.6. The van der Waals surface area contributed by atoms with Crippen LogP contribution in [0.15, 0.2) is 17.9 Å². The van der Waals surface area contributed by atoms with E-state index in [1.165, 1.54) is 0 Å². The molecule has 0 amide bonds. The lowest BCUT2D eigenvalue weighted by Crippen LogP contribution is -2.09. The molecule has 0 aromatic carbocycles. The second kappa shape index (κ2) is 3.37. The number of ether oxygens (including phenoxy) is 2. The van der Waals surface area contributed by atoms with Gasteiger partial charge in [-0.2, -0.15) is 0 Å². The largest absolute Gasteiger partial charge is 0.459 e. The maximum atomic E-state index is 10.9. The molecule has 1 rings (SSSR count).